The molecule has 0 saturated heterocycles. The van der Waals surface area contributed by atoms with Gasteiger partial charge in [-0.05, 0) is 43.0 Å². The normalized spacial score (nSPS) is 17.5. The number of hydrogen-bond donors (Lipinski definition) is 1. The van der Waals surface area contributed by atoms with Crippen molar-refractivity contribution in [3.63, 3.8) is 0 Å². The molecular formula is C18H21NO. The maximum Gasteiger partial charge on any atom is 0.120 e. The minimum Gasteiger partial charge on any atom is -0.489 e. The van der Waals surface area contributed by atoms with Gasteiger partial charge in [0.1, 0.15) is 12.4 Å². The van der Waals surface area contributed by atoms with Gasteiger partial charge in [0, 0.05) is 11.5 Å². The van der Waals surface area contributed by atoms with Gasteiger partial charge < -0.3 is 10.5 Å². The first-order valence-electron chi connectivity index (χ1n) is 7.23. The topological polar surface area (TPSA) is 35.2 Å². The van der Waals surface area contributed by atoms with Crippen molar-refractivity contribution in [1.82, 2.24) is 0 Å². The standard InChI is InChI=1S/C18H21NO/c1-14(19)18(10-11-18)16-8-5-9-17(12-16)20-13-15-6-3-2-4-7-15/h2-9,12,14H,10-11,13,19H2,1H3. The average Bonchev–Trinajstić information content (AvgIpc) is 3.28. The molecule has 1 saturated carbocycles. The van der Waals surface area contributed by atoms with E-state index in [1.165, 1.54) is 24.0 Å². The molecule has 3 rings (SSSR count). The van der Waals surface area contributed by atoms with Crippen LogP contribution in [0.5, 0.6) is 5.75 Å². The molecule has 1 atom stereocenters. The van der Waals surface area contributed by atoms with Crippen molar-refractivity contribution in [1.29, 1.82) is 0 Å². The molecule has 1 aliphatic carbocycles. The zero-order chi connectivity index (χ0) is 14.0. The van der Waals surface area contributed by atoms with E-state index in [4.69, 9.17) is 10.5 Å². The van der Waals surface area contributed by atoms with Gasteiger partial charge in [-0.3, -0.25) is 0 Å². The zero-order valence-corrected chi connectivity index (χ0v) is 11.9. The van der Waals surface area contributed by atoms with Gasteiger partial charge in [0.05, 0.1) is 0 Å². The summed E-state index contributed by atoms with van der Waals surface area (Å²) in [5.41, 5.74) is 8.83. The highest BCUT2D eigenvalue weighted by Gasteiger charge is 2.47. The quantitative estimate of drug-likeness (QED) is 0.897. The molecule has 0 aromatic heterocycles. The Bertz CT molecular complexity index is 573. The molecule has 2 aromatic rings. The summed E-state index contributed by atoms with van der Waals surface area (Å²) in [4.78, 5) is 0. The van der Waals surface area contributed by atoms with Crippen LogP contribution in [-0.2, 0) is 12.0 Å². The fourth-order valence-electron chi connectivity index (χ4n) is 2.78. The molecule has 2 heteroatoms. The fraction of sp³-hybridized carbons (Fsp3) is 0.333. The summed E-state index contributed by atoms with van der Waals surface area (Å²) in [6, 6.07) is 18.8. The number of hydrogen-bond acceptors (Lipinski definition) is 2. The van der Waals surface area contributed by atoms with Gasteiger partial charge in [0.2, 0.25) is 0 Å². The van der Waals surface area contributed by atoms with Crippen molar-refractivity contribution in [2.24, 2.45) is 5.73 Å². The van der Waals surface area contributed by atoms with Crippen molar-refractivity contribution in [3.8, 4) is 5.75 Å². The Kier molecular flexibility index (Phi) is 3.49. The molecule has 0 spiro atoms. The maximum atomic E-state index is 6.14. The van der Waals surface area contributed by atoms with Gasteiger partial charge >= 0.3 is 0 Å². The second-order valence-corrected chi connectivity index (χ2v) is 5.75. The summed E-state index contributed by atoms with van der Waals surface area (Å²) < 4.78 is 5.89. The number of rotatable bonds is 5. The van der Waals surface area contributed by atoms with Crippen LogP contribution < -0.4 is 10.5 Å². The summed E-state index contributed by atoms with van der Waals surface area (Å²) in [5.74, 6) is 0.929. The van der Waals surface area contributed by atoms with Crippen LogP contribution in [0.1, 0.15) is 30.9 Å². The van der Waals surface area contributed by atoms with Gasteiger partial charge in [0.15, 0.2) is 0 Å². The highest BCUT2D eigenvalue weighted by molar-refractivity contribution is 5.39. The monoisotopic (exact) mass is 267 g/mol. The van der Waals surface area contributed by atoms with E-state index >= 15 is 0 Å². The molecule has 104 valence electrons. The lowest BCUT2D eigenvalue weighted by Gasteiger charge is -2.20. The Morgan fingerprint density at radius 1 is 1.10 bits per heavy atom. The van der Waals surface area contributed by atoms with Crippen LogP contribution in [0.3, 0.4) is 0 Å². The number of benzene rings is 2. The highest BCUT2D eigenvalue weighted by Crippen LogP contribution is 2.50. The largest absolute Gasteiger partial charge is 0.489 e. The van der Waals surface area contributed by atoms with E-state index in [1.54, 1.807) is 0 Å². The smallest absolute Gasteiger partial charge is 0.120 e. The summed E-state index contributed by atoms with van der Waals surface area (Å²) in [6.45, 7) is 2.71. The third kappa shape index (κ3) is 2.56. The van der Waals surface area contributed by atoms with Gasteiger partial charge in [-0.1, -0.05) is 42.5 Å². The fourth-order valence-corrected chi connectivity index (χ4v) is 2.78. The lowest BCUT2D eigenvalue weighted by atomic mass is 9.89. The van der Waals surface area contributed by atoms with E-state index in [2.05, 4.69) is 37.3 Å². The van der Waals surface area contributed by atoms with Crippen molar-refractivity contribution >= 4 is 0 Å². The molecule has 2 N–H and O–H groups in total. The molecule has 1 aliphatic rings. The Morgan fingerprint density at radius 3 is 2.50 bits per heavy atom. The van der Waals surface area contributed by atoms with Crippen LogP contribution in [0.15, 0.2) is 54.6 Å². The molecular weight excluding hydrogens is 246 g/mol. The van der Waals surface area contributed by atoms with Crippen LogP contribution in [0.4, 0.5) is 0 Å². The molecule has 1 fully saturated rings. The maximum absolute atomic E-state index is 6.14. The van der Waals surface area contributed by atoms with Crippen LogP contribution in [0.25, 0.3) is 0 Å². The van der Waals surface area contributed by atoms with E-state index in [9.17, 15) is 0 Å². The highest BCUT2D eigenvalue weighted by atomic mass is 16.5. The van der Waals surface area contributed by atoms with Crippen LogP contribution in [0, 0.1) is 0 Å². The predicted molar refractivity (Wildman–Crippen MR) is 81.8 cm³/mol. The number of nitrogens with two attached hydrogens (primary N) is 1. The summed E-state index contributed by atoms with van der Waals surface area (Å²) in [5, 5.41) is 0. The lowest BCUT2D eigenvalue weighted by Crippen LogP contribution is -2.31. The molecule has 20 heavy (non-hydrogen) atoms. The first kappa shape index (κ1) is 13.2. The SMILES string of the molecule is CC(N)C1(c2cccc(OCc3ccccc3)c2)CC1. The molecule has 0 bridgehead atoms. The molecule has 2 aromatic carbocycles. The molecule has 0 heterocycles. The molecule has 0 radical (unpaired) electrons. The Morgan fingerprint density at radius 2 is 1.85 bits per heavy atom. The van der Waals surface area contributed by atoms with Gasteiger partial charge in [-0.25, -0.2) is 0 Å². The zero-order valence-electron chi connectivity index (χ0n) is 11.9. The van der Waals surface area contributed by atoms with Crippen LogP contribution in [0.2, 0.25) is 0 Å². The minimum absolute atomic E-state index is 0.187. The predicted octanol–water partition coefficient (Wildman–Crippen LogP) is 3.64. The second-order valence-electron chi connectivity index (χ2n) is 5.75. The van der Waals surface area contributed by atoms with E-state index in [-0.39, 0.29) is 11.5 Å². The molecule has 1 unspecified atom stereocenters. The van der Waals surface area contributed by atoms with Crippen molar-refractivity contribution in [2.75, 3.05) is 0 Å². The third-order valence-electron chi connectivity index (χ3n) is 4.32. The van der Waals surface area contributed by atoms with Crippen molar-refractivity contribution < 1.29 is 4.74 Å². The Hall–Kier alpha value is -1.80. The van der Waals surface area contributed by atoms with E-state index < -0.39 is 0 Å². The average molecular weight is 267 g/mol. The van der Waals surface area contributed by atoms with E-state index in [0.29, 0.717) is 6.61 Å². The third-order valence-corrected chi connectivity index (χ3v) is 4.32. The summed E-state index contributed by atoms with van der Waals surface area (Å²) >= 11 is 0. The Labute approximate surface area is 120 Å². The van der Waals surface area contributed by atoms with Gasteiger partial charge in [-0.15, -0.1) is 0 Å². The minimum atomic E-state index is 0.187. The van der Waals surface area contributed by atoms with Gasteiger partial charge in [0.25, 0.3) is 0 Å². The van der Waals surface area contributed by atoms with Crippen LogP contribution in [-0.4, -0.2) is 6.04 Å². The molecule has 2 nitrogen and oxygen atoms in total. The molecule has 0 amide bonds. The molecule has 0 aliphatic heterocycles. The van der Waals surface area contributed by atoms with E-state index in [0.717, 1.165) is 5.75 Å². The summed E-state index contributed by atoms with van der Waals surface area (Å²) in [6.07, 6.45) is 2.37. The number of ether oxygens (including phenoxy) is 1. The lowest BCUT2D eigenvalue weighted by molar-refractivity contribution is 0.305. The second kappa shape index (κ2) is 5.29. The Balaban J connectivity index is 1.72. The summed E-state index contributed by atoms with van der Waals surface area (Å²) in [7, 11) is 0. The van der Waals surface area contributed by atoms with Crippen molar-refractivity contribution in [3.05, 3.63) is 65.7 Å². The first-order valence-corrected chi connectivity index (χ1v) is 7.23. The van der Waals surface area contributed by atoms with Gasteiger partial charge in [-0.2, -0.15) is 0 Å². The van der Waals surface area contributed by atoms with Crippen molar-refractivity contribution in [2.45, 2.75) is 37.8 Å². The van der Waals surface area contributed by atoms with E-state index in [1.807, 2.05) is 24.3 Å². The first-order chi connectivity index (χ1) is 9.71. The van der Waals surface area contributed by atoms with Crippen LogP contribution >= 0.6 is 0 Å².